The molecule has 0 spiro atoms. The van der Waals surface area contributed by atoms with Crippen LogP contribution in [0.25, 0.3) is 0 Å². The molecule has 0 radical (unpaired) electrons. The van der Waals surface area contributed by atoms with Crippen LogP contribution in [0.4, 0.5) is 0 Å². The van der Waals surface area contributed by atoms with E-state index in [-0.39, 0.29) is 154 Å². The molecular weight excluding hydrogens is 331 g/mol. The minimum Gasteiger partial charge on any atom is -0.789 e. The summed E-state index contributed by atoms with van der Waals surface area (Å²) in [6, 6.07) is 0. The van der Waals surface area contributed by atoms with Crippen LogP contribution in [0.15, 0.2) is 0 Å². The molecule has 0 rings (SSSR count). The van der Waals surface area contributed by atoms with Gasteiger partial charge in [0, 0.05) is 6.92 Å². The quantitative estimate of drug-likeness (QED) is 0.366. The molecule has 0 bridgehead atoms. The van der Waals surface area contributed by atoms with Crippen molar-refractivity contribution >= 4 is 21.6 Å². The van der Waals surface area contributed by atoms with E-state index in [1.54, 1.807) is 0 Å². The Bertz CT molecular complexity index is 273. The van der Waals surface area contributed by atoms with Crippen molar-refractivity contribution in [1.82, 2.24) is 0 Å². The Hall–Kier alpha value is 4.68. The van der Waals surface area contributed by atoms with Gasteiger partial charge in [0.25, 0.3) is 0 Å². The summed E-state index contributed by atoms with van der Waals surface area (Å²) in [7, 11) is -11.1. The van der Waals surface area contributed by atoms with Crippen LogP contribution >= 0.6 is 15.6 Å². The molecule has 0 aromatic rings. The number of phosphoric ester groups is 1. The van der Waals surface area contributed by atoms with Crippen molar-refractivity contribution in [3.8, 4) is 0 Å². The molecule has 0 amide bonds. The summed E-state index contributed by atoms with van der Waals surface area (Å²) in [6.07, 6.45) is 0. The maximum Gasteiger partial charge on any atom is 1.00 e. The largest absolute Gasteiger partial charge is 1.00 e. The van der Waals surface area contributed by atoms with Crippen LogP contribution in [0.3, 0.4) is 0 Å². The van der Waals surface area contributed by atoms with E-state index in [1.165, 1.54) is 0 Å². The molecule has 0 saturated heterocycles. The van der Waals surface area contributed by atoms with Crippen molar-refractivity contribution in [2.75, 3.05) is 0 Å². The molecular formula is C2H3K3O8P2. The van der Waals surface area contributed by atoms with Gasteiger partial charge in [0.15, 0.2) is 0 Å². The minimum absolute atomic E-state index is 0. The fourth-order valence-corrected chi connectivity index (χ4v) is 1.72. The van der Waals surface area contributed by atoms with Crippen LogP contribution in [0, 0.1) is 0 Å². The number of carbonyl (C=O) groups is 1. The summed E-state index contributed by atoms with van der Waals surface area (Å²) in [5.41, 5.74) is 0. The average Bonchev–Trinajstić information content (AvgIpc) is 1.48. The van der Waals surface area contributed by atoms with Crippen molar-refractivity contribution in [2.24, 2.45) is 0 Å². The Morgan fingerprint density at radius 3 is 1.60 bits per heavy atom. The number of hydrogen-bond acceptors (Lipinski definition) is 8. The van der Waals surface area contributed by atoms with E-state index in [2.05, 4.69) is 8.83 Å². The summed E-state index contributed by atoms with van der Waals surface area (Å²) in [5.74, 6) is -1.30. The second kappa shape index (κ2) is 12.4. The first-order valence-electron chi connectivity index (χ1n) is 2.37. The van der Waals surface area contributed by atoms with Crippen LogP contribution in [0.2, 0.25) is 0 Å². The van der Waals surface area contributed by atoms with Gasteiger partial charge in [0.05, 0.1) is 7.82 Å². The zero-order valence-electron chi connectivity index (χ0n) is 8.66. The smallest absolute Gasteiger partial charge is 0.789 e. The maximum atomic E-state index is 10.2. The number of carbonyl (C=O) groups excluding carboxylic acids is 1. The second-order valence-electron chi connectivity index (χ2n) is 1.56. The van der Waals surface area contributed by atoms with Crippen LogP contribution in [0.5, 0.6) is 0 Å². The Morgan fingerprint density at radius 1 is 1.07 bits per heavy atom. The van der Waals surface area contributed by atoms with Crippen molar-refractivity contribution in [2.45, 2.75) is 6.92 Å². The SMILES string of the molecule is CC(=O)OP(=O)([O-])OP(=O)([O-])[O-].[K+].[K+].[K+]. The zero-order chi connectivity index (χ0) is 9.99. The van der Waals surface area contributed by atoms with Crippen LogP contribution in [-0.2, 0) is 22.8 Å². The average molecular weight is 334 g/mol. The number of hydrogen-bond donors (Lipinski definition) is 0. The third kappa shape index (κ3) is 21.1. The molecule has 0 fully saturated rings. The minimum atomic E-state index is -5.70. The van der Waals surface area contributed by atoms with Gasteiger partial charge in [-0.15, -0.1) is 0 Å². The van der Waals surface area contributed by atoms with E-state index in [4.69, 9.17) is 0 Å². The summed E-state index contributed by atoms with van der Waals surface area (Å²) in [6.45, 7) is 0.703. The van der Waals surface area contributed by atoms with Crippen molar-refractivity contribution in [1.29, 1.82) is 0 Å². The van der Waals surface area contributed by atoms with Gasteiger partial charge in [0.1, 0.15) is 0 Å². The predicted octanol–water partition coefficient (Wildman–Crippen LogP) is -11.1. The summed E-state index contributed by atoms with van der Waals surface area (Å²) in [5, 5.41) is 0. The zero-order valence-corrected chi connectivity index (χ0v) is 19.8. The predicted molar refractivity (Wildman–Crippen MR) is 28.1 cm³/mol. The van der Waals surface area contributed by atoms with Gasteiger partial charge in [-0.1, -0.05) is 0 Å². The third-order valence-electron chi connectivity index (χ3n) is 0.440. The normalized spacial score (nSPS) is 13.3. The fourth-order valence-electron chi connectivity index (χ4n) is 0.297. The number of phosphoric acid groups is 2. The molecule has 1 unspecified atom stereocenters. The first-order chi connectivity index (χ1) is 5.12. The van der Waals surface area contributed by atoms with Gasteiger partial charge >= 0.3 is 168 Å². The molecule has 15 heavy (non-hydrogen) atoms. The topological polar surface area (TPSA) is 139 Å². The molecule has 0 aliphatic heterocycles. The van der Waals surface area contributed by atoms with Crippen molar-refractivity contribution in [3.05, 3.63) is 0 Å². The summed E-state index contributed by atoms with van der Waals surface area (Å²) < 4.78 is 26.3. The molecule has 1 atom stereocenters. The van der Waals surface area contributed by atoms with E-state index in [9.17, 15) is 28.6 Å². The van der Waals surface area contributed by atoms with E-state index in [1.807, 2.05) is 0 Å². The molecule has 0 saturated carbocycles. The summed E-state index contributed by atoms with van der Waals surface area (Å²) >= 11 is 0. The van der Waals surface area contributed by atoms with E-state index in [0.29, 0.717) is 6.92 Å². The molecule has 8 nitrogen and oxygen atoms in total. The van der Waals surface area contributed by atoms with E-state index >= 15 is 0 Å². The Morgan fingerprint density at radius 2 is 1.40 bits per heavy atom. The van der Waals surface area contributed by atoms with Gasteiger partial charge in [-0.3, -0.25) is 13.7 Å². The van der Waals surface area contributed by atoms with Gasteiger partial charge < -0.3 is 23.8 Å². The maximum absolute atomic E-state index is 10.2. The first-order valence-corrected chi connectivity index (χ1v) is 5.29. The third-order valence-corrected chi connectivity index (χ3v) is 2.52. The molecule has 0 aromatic heterocycles. The fraction of sp³-hybridized carbons (Fsp3) is 0.500. The Kier molecular flexibility index (Phi) is 23.1. The standard InChI is InChI=1S/C2H6O8P2.3K/c1-2(3)9-12(7,8)10-11(4,5)6;;;/h1H3,(H,7,8)(H2,4,5,6);;;/q;3*+1/p-3. The van der Waals surface area contributed by atoms with Gasteiger partial charge in [-0.25, -0.2) is 0 Å². The molecule has 0 N–H and O–H groups in total. The van der Waals surface area contributed by atoms with Gasteiger partial charge in [-0.05, 0) is 0 Å². The molecule has 13 heteroatoms. The molecule has 0 aliphatic rings. The molecule has 0 heterocycles. The van der Waals surface area contributed by atoms with Crippen LogP contribution in [-0.4, -0.2) is 5.97 Å². The van der Waals surface area contributed by atoms with Gasteiger partial charge in [-0.2, -0.15) is 0 Å². The summed E-state index contributed by atoms with van der Waals surface area (Å²) in [4.78, 5) is 39.7. The van der Waals surface area contributed by atoms with E-state index < -0.39 is 21.6 Å². The Labute approximate surface area is 214 Å². The monoisotopic (exact) mass is 334 g/mol. The van der Waals surface area contributed by atoms with E-state index in [0.717, 1.165) is 0 Å². The van der Waals surface area contributed by atoms with Crippen molar-refractivity contribution in [3.63, 3.8) is 0 Å². The molecule has 0 aromatic carbocycles. The van der Waals surface area contributed by atoms with Crippen molar-refractivity contribution < 1.29 is 192 Å². The number of rotatable bonds is 3. The van der Waals surface area contributed by atoms with Crippen LogP contribution in [0.1, 0.15) is 6.92 Å². The first kappa shape index (κ1) is 27.9. The molecule has 72 valence electrons. The van der Waals surface area contributed by atoms with Crippen LogP contribution < -0.4 is 169 Å². The van der Waals surface area contributed by atoms with Gasteiger partial charge in [0.2, 0.25) is 0 Å². The Balaban J connectivity index is -0.000000202. The second-order valence-corrected chi connectivity index (χ2v) is 4.18. The molecule has 0 aliphatic carbocycles.